The molecule has 0 radical (unpaired) electrons. The molecule has 1 aliphatic rings. The molecule has 0 spiro atoms. The maximum Gasteiger partial charge on any atom is 0.286 e. The van der Waals surface area contributed by atoms with Crippen molar-refractivity contribution >= 4 is 35.0 Å². The minimum atomic E-state index is -0.694. The van der Waals surface area contributed by atoms with Crippen LogP contribution in [0.1, 0.15) is 32.2 Å². The molecule has 0 atom stereocenters. The number of nitrogens with zero attached hydrogens (tertiary/aromatic N) is 3. The Hall–Kier alpha value is -2.18. The molecule has 0 bridgehead atoms. The topological polar surface area (TPSA) is 89.2 Å². The highest BCUT2D eigenvalue weighted by Crippen LogP contribution is 2.24. The first-order valence-corrected chi connectivity index (χ1v) is 7.60. The Balaban J connectivity index is 1.85. The molecular weight excluding hydrogens is 339 g/mol. The van der Waals surface area contributed by atoms with Crippen LogP contribution in [0.5, 0.6) is 0 Å². The number of carbonyl (C=O) groups excluding carboxylic acids is 2. The zero-order valence-corrected chi connectivity index (χ0v) is 13.4. The molecule has 2 amide bonds. The maximum atomic E-state index is 12.6. The molecule has 0 saturated carbocycles. The Morgan fingerprint density at radius 1 is 1.22 bits per heavy atom. The van der Waals surface area contributed by atoms with Gasteiger partial charge in [-0.1, -0.05) is 23.2 Å². The third kappa shape index (κ3) is 3.13. The van der Waals surface area contributed by atoms with Crippen LogP contribution < -0.4 is 5.73 Å². The van der Waals surface area contributed by atoms with E-state index in [2.05, 4.69) is 9.97 Å². The van der Waals surface area contributed by atoms with E-state index in [1.807, 2.05) is 0 Å². The fourth-order valence-corrected chi connectivity index (χ4v) is 2.70. The molecule has 3 rings (SSSR count). The molecule has 8 heteroatoms. The number of amides is 2. The van der Waals surface area contributed by atoms with Gasteiger partial charge in [0.1, 0.15) is 0 Å². The Labute approximate surface area is 142 Å². The van der Waals surface area contributed by atoms with Gasteiger partial charge in [0.05, 0.1) is 22.3 Å². The number of hydrogen-bond donors (Lipinski definition) is 1. The van der Waals surface area contributed by atoms with Crippen LogP contribution in [0.3, 0.4) is 0 Å². The summed E-state index contributed by atoms with van der Waals surface area (Å²) in [6.45, 7) is 0.822. The van der Waals surface area contributed by atoms with Crippen molar-refractivity contribution in [3.63, 3.8) is 0 Å². The van der Waals surface area contributed by atoms with Crippen molar-refractivity contribution in [2.45, 2.75) is 13.0 Å². The second kappa shape index (κ2) is 6.14. The normalized spacial score (nSPS) is 13.6. The predicted molar refractivity (Wildman–Crippen MR) is 85.5 cm³/mol. The molecule has 0 aliphatic carbocycles. The molecule has 6 nitrogen and oxygen atoms in total. The number of nitrogens with two attached hydrogens (primary N) is 1. The van der Waals surface area contributed by atoms with E-state index < -0.39 is 5.91 Å². The largest absolute Gasteiger partial charge is 0.363 e. The summed E-state index contributed by atoms with van der Waals surface area (Å²) in [4.78, 5) is 33.5. The first kappa shape index (κ1) is 15.7. The van der Waals surface area contributed by atoms with Crippen LogP contribution >= 0.6 is 23.2 Å². The van der Waals surface area contributed by atoms with Crippen LogP contribution in [0.15, 0.2) is 24.4 Å². The Morgan fingerprint density at radius 2 is 2.00 bits per heavy atom. The number of fused-ring (bicyclic) bond motifs is 1. The lowest BCUT2D eigenvalue weighted by Gasteiger charge is -2.28. The number of hydrogen-bond acceptors (Lipinski definition) is 4. The minimum absolute atomic E-state index is 0.0485. The van der Waals surface area contributed by atoms with Crippen LogP contribution in [0.4, 0.5) is 0 Å². The lowest BCUT2D eigenvalue weighted by molar-refractivity contribution is 0.0731. The van der Waals surface area contributed by atoms with Crippen molar-refractivity contribution in [3.05, 3.63) is 57.1 Å². The summed E-state index contributed by atoms with van der Waals surface area (Å²) in [6, 6.07) is 4.75. The first-order chi connectivity index (χ1) is 11.0. The Morgan fingerprint density at radius 3 is 2.70 bits per heavy atom. The van der Waals surface area contributed by atoms with Gasteiger partial charge in [0.15, 0.2) is 0 Å². The summed E-state index contributed by atoms with van der Waals surface area (Å²) in [5.41, 5.74) is 7.19. The van der Waals surface area contributed by atoms with Gasteiger partial charge < -0.3 is 10.6 Å². The maximum absolute atomic E-state index is 12.6. The van der Waals surface area contributed by atoms with Gasteiger partial charge in [0.2, 0.25) is 5.82 Å². The number of primary amides is 1. The van der Waals surface area contributed by atoms with E-state index in [4.69, 9.17) is 28.9 Å². The van der Waals surface area contributed by atoms with E-state index in [1.54, 1.807) is 23.2 Å². The van der Waals surface area contributed by atoms with Crippen LogP contribution in [0.25, 0.3) is 0 Å². The van der Waals surface area contributed by atoms with Crippen molar-refractivity contribution in [1.29, 1.82) is 0 Å². The van der Waals surface area contributed by atoms with Gasteiger partial charge in [0.25, 0.3) is 11.8 Å². The average Bonchev–Trinajstić information content (AvgIpc) is 2.55. The van der Waals surface area contributed by atoms with Crippen molar-refractivity contribution in [1.82, 2.24) is 14.9 Å². The number of halogens is 2. The van der Waals surface area contributed by atoms with Crippen molar-refractivity contribution < 1.29 is 9.59 Å². The van der Waals surface area contributed by atoms with E-state index in [0.29, 0.717) is 34.3 Å². The SMILES string of the molecule is NC(=O)c1ncc2c(n1)CN(C(=O)c1ccc(Cl)c(Cl)c1)CC2. The molecule has 2 aromatic rings. The Bertz CT molecular complexity index is 810. The summed E-state index contributed by atoms with van der Waals surface area (Å²) < 4.78 is 0. The van der Waals surface area contributed by atoms with Crippen LogP contribution in [0, 0.1) is 0 Å². The van der Waals surface area contributed by atoms with Gasteiger partial charge in [0, 0.05) is 18.3 Å². The van der Waals surface area contributed by atoms with Crippen LogP contribution in [0.2, 0.25) is 10.0 Å². The zero-order valence-electron chi connectivity index (χ0n) is 11.9. The third-order valence-corrected chi connectivity index (χ3v) is 4.36. The lowest BCUT2D eigenvalue weighted by atomic mass is 10.1. The number of benzene rings is 1. The smallest absolute Gasteiger partial charge is 0.286 e. The molecule has 2 N–H and O–H groups in total. The standard InChI is InChI=1S/C15H12Cl2N4O2/c16-10-2-1-8(5-11(10)17)15(23)21-4-3-9-6-19-14(13(18)22)20-12(9)7-21/h1-2,5-6H,3-4,7H2,(H2,18,22). The molecular formula is C15H12Cl2N4O2. The van der Waals surface area contributed by atoms with Gasteiger partial charge in [-0.2, -0.15) is 0 Å². The summed E-state index contributed by atoms with van der Waals surface area (Å²) in [6.07, 6.45) is 2.20. The lowest BCUT2D eigenvalue weighted by Crippen LogP contribution is -2.37. The quantitative estimate of drug-likeness (QED) is 0.897. The fourth-order valence-electron chi connectivity index (χ4n) is 2.41. The van der Waals surface area contributed by atoms with Crippen molar-refractivity contribution in [2.75, 3.05) is 6.54 Å². The summed E-state index contributed by atoms with van der Waals surface area (Å²) in [7, 11) is 0. The molecule has 1 aromatic heterocycles. The highest BCUT2D eigenvalue weighted by atomic mass is 35.5. The van der Waals surface area contributed by atoms with E-state index in [9.17, 15) is 9.59 Å². The molecule has 1 aromatic carbocycles. The van der Waals surface area contributed by atoms with E-state index in [-0.39, 0.29) is 18.3 Å². The van der Waals surface area contributed by atoms with E-state index in [0.717, 1.165) is 5.56 Å². The predicted octanol–water partition coefficient (Wildman–Crippen LogP) is 2.08. The molecule has 23 heavy (non-hydrogen) atoms. The van der Waals surface area contributed by atoms with Crippen LogP contribution in [-0.4, -0.2) is 33.2 Å². The van der Waals surface area contributed by atoms with Gasteiger partial charge in [-0.25, -0.2) is 9.97 Å². The van der Waals surface area contributed by atoms with Gasteiger partial charge in [-0.3, -0.25) is 9.59 Å². The molecule has 2 heterocycles. The summed E-state index contributed by atoms with van der Waals surface area (Å²) in [5.74, 6) is -0.915. The molecule has 0 fully saturated rings. The van der Waals surface area contributed by atoms with Crippen LogP contribution in [-0.2, 0) is 13.0 Å². The minimum Gasteiger partial charge on any atom is -0.363 e. The second-order valence-corrected chi connectivity index (χ2v) is 5.95. The molecule has 0 saturated heterocycles. The Kier molecular flexibility index (Phi) is 4.19. The second-order valence-electron chi connectivity index (χ2n) is 5.14. The summed E-state index contributed by atoms with van der Waals surface area (Å²) in [5, 5.41) is 0.722. The molecule has 0 unspecified atom stereocenters. The number of carbonyl (C=O) groups is 2. The zero-order chi connectivity index (χ0) is 16.6. The van der Waals surface area contributed by atoms with Crippen molar-refractivity contribution in [3.8, 4) is 0 Å². The van der Waals surface area contributed by atoms with E-state index >= 15 is 0 Å². The van der Waals surface area contributed by atoms with Crippen molar-refractivity contribution in [2.24, 2.45) is 5.73 Å². The summed E-state index contributed by atoms with van der Waals surface area (Å²) >= 11 is 11.8. The number of rotatable bonds is 2. The molecule has 118 valence electrons. The molecule has 1 aliphatic heterocycles. The number of aromatic nitrogens is 2. The highest BCUT2D eigenvalue weighted by Gasteiger charge is 2.24. The highest BCUT2D eigenvalue weighted by molar-refractivity contribution is 6.42. The van der Waals surface area contributed by atoms with Gasteiger partial charge in [-0.05, 0) is 30.2 Å². The first-order valence-electron chi connectivity index (χ1n) is 6.84. The van der Waals surface area contributed by atoms with Gasteiger partial charge in [-0.15, -0.1) is 0 Å². The monoisotopic (exact) mass is 350 g/mol. The van der Waals surface area contributed by atoms with Gasteiger partial charge >= 0.3 is 0 Å². The van der Waals surface area contributed by atoms with E-state index in [1.165, 1.54) is 6.07 Å². The fraction of sp³-hybridized carbons (Fsp3) is 0.200. The third-order valence-electron chi connectivity index (χ3n) is 3.62. The average molecular weight is 351 g/mol.